The minimum absolute atomic E-state index is 0.00182. The molecule has 6 heteroatoms. The summed E-state index contributed by atoms with van der Waals surface area (Å²) in [6.45, 7) is 2.28. The van der Waals surface area contributed by atoms with Crippen LogP contribution >= 0.6 is 38.9 Å². The number of ketones is 2. The summed E-state index contributed by atoms with van der Waals surface area (Å²) < 4.78 is 6.15. The Kier molecular flexibility index (Phi) is 5.03. The maximum atomic E-state index is 12.1. The molecule has 0 N–H and O–H groups in total. The van der Waals surface area contributed by atoms with Crippen LogP contribution in [0.15, 0.2) is 4.47 Å². The Labute approximate surface area is 129 Å². The molecule has 1 aromatic heterocycles. The van der Waals surface area contributed by atoms with E-state index in [0.717, 1.165) is 17.7 Å². The molecule has 1 aliphatic rings. The van der Waals surface area contributed by atoms with E-state index in [1.807, 2.05) is 6.92 Å². The van der Waals surface area contributed by atoms with Gasteiger partial charge in [0.2, 0.25) is 0 Å². The summed E-state index contributed by atoms with van der Waals surface area (Å²) in [5.41, 5.74) is 0. The van der Waals surface area contributed by atoms with Gasteiger partial charge in [0, 0.05) is 10.8 Å². The standard InChI is InChI=1S/C13H14BrClO3S/c1-7-12(18-5-4-15)11(14)13(19-7)10(17)6-9(16)8-2-3-8/h8H,2-6H2,1H3. The van der Waals surface area contributed by atoms with Crippen molar-refractivity contribution in [2.75, 3.05) is 12.5 Å². The molecule has 1 fully saturated rings. The molecule has 0 unspecified atom stereocenters. The third-order valence-corrected chi connectivity index (χ3v) is 5.22. The number of ether oxygens (including phenoxy) is 1. The number of rotatable bonds is 7. The van der Waals surface area contributed by atoms with Gasteiger partial charge in [0.25, 0.3) is 0 Å². The molecule has 2 rings (SSSR count). The van der Waals surface area contributed by atoms with Crippen LogP contribution in [0.3, 0.4) is 0 Å². The molecule has 1 saturated carbocycles. The van der Waals surface area contributed by atoms with E-state index in [1.54, 1.807) is 0 Å². The average molecular weight is 366 g/mol. The van der Waals surface area contributed by atoms with E-state index in [2.05, 4.69) is 15.9 Å². The summed E-state index contributed by atoms with van der Waals surface area (Å²) in [5.74, 6) is 1.11. The third-order valence-electron chi connectivity index (χ3n) is 2.92. The Morgan fingerprint density at radius 1 is 1.47 bits per heavy atom. The Hall–Kier alpha value is -0.390. The lowest BCUT2D eigenvalue weighted by molar-refractivity contribution is -0.119. The number of carbonyl (C=O) groups is 2. The summed E-state index contributed by atoms with van der Waals surface area (Å²) in [6.07, 6.45) is 1.86. The average Bonchev–Trinajstić information content (AvgIpc) is 3.16. The zero-order valence-electron chi connectivity index (χ0n) is 10.5. The normalized spacial score (nSPS) is 14.5. The molecule has 1 aliphatic carbocycles. The predicted molar refractivity (Wildman–Crippen MR) is 79.6 cm³/mol. The maximum absolute atomic E-state index is 12.1. The zero-order chi connectivity index (χ0) is 14.0. The van der Waals surface area contributed by atoms with Crippen LogP contribution in [0.2, 0.25) is 0 Å². The van der Waals surface area contributed by atoms with Crippen molar-refractivity contribution in [2.45, 2.75) is 26.2 Å². The molecule has 1 heterocycles. The first kappa shape index (κ1) is 15.0. The number of alkyl halides is 1. The van der Waals surface area contributed by atoms with Crippen LogP contribution in [0.1, 0.15) is 33.8 Å². The van der Waals surface area contributed by atoms with Gasteiger partial charge in [-0.2, -0.15) is 0 Å². The molecule has 0 amide bonds. The van der Waals surface area contributed by atoms with Crippen molar-refractivity contribution in [1.29, 1.82) is 0 Å². The monoisotopic (exact) mass is 364 g/mol. The summed E-state index contributed by atoms with van der Waals surface area (Å²) in [4.78, 5) is 25.3. The van der Waals surface area contributed by atoms with Crippen molar-refractivity contribution in [1.82, 2.24) is 0 Å². The van der Waals surface area contributed by atoms with E-state index in [0.29, 0.717) is 27.6 Å². The van der Waals surface area contributed by atoms with Crippen LogP contribution in [0.4, 0.5) is 0 Å². The van der Waals surface area contributed by atoms with E-state index < -0.39 is 0 Å². The van der Waals surface area contributed by atoms with Gasteiger partial charge in [-0.1, -0.05) is 0 Å². The minimum Gasteiger partial charge on any atom is -0.490 e. The summed E-state index contributed by atoms with van der Waals surface area (Å²) in [7, 11) is 0. The highest BCUT2D eigenvalue weighted by molar-refractivity contribution is 9.10. The Morgan fingerprint density at radius 2 is 2.16 bits per heavy atom. The fraction of sp³-hybridized carbons (Fsp3) is 0.538. The molecule has 0 bridgehead atoms. The van der Waals surface area contributed by atoms with Crippen LogP contribution in [0.25, 0.3) is 0 Å². The fourth-order valence-electron chi connectivity index (χ4n) is 1.78. The van der Waals surface area contributed by atoms with Crippen molar-refractivity contribution >= 4 is 50.4 Å². The number of aryl methyl sites for hydroxylation is 1. The molecule has 0 aromatic carbocycles. The van der Waals surface area contributed by atoms with Gasteiger partial charge >= 0.3 is 0 Å². The van der Waals surface area contributed by atoms with Crippen molar-refractivity contribution in [3.05, 3.63) is 14.2 Å². The highest BCUT2D eigenvalue weighted by Gasteiger charge is 2.32. The zero-order valence-corrected chi connectivity index (χ0v) is 13.7. The molecule has 1 aromatic rings. The summed E-state index contributed by atoms with van der Waals surface area (Å²) in [5, 5.41) is 0. The smallest absolute Gasteiger partial charge is 0.181 e. The van der Waals surface area contributed by atoms with Gasteiger partial charge in [-0.25, -0.2) is 0 Å². The lowest BCUT2D eigenvalue weighted by atomic mass is 10.1. The molecule has 0 saturated heterocycles. The van der Waals surface area contributed by atoms with Crippen molar-refractivity contribution in [3.63, 3.8) is 0 Å². The third kappa shape index (κ3) is 3.58. The molecular weight excluding hydrogens is 352 g/mol. The maximum Gasteiger partial charge on any atom is 0.181 e. The predicted octanol–water partition coefficient (Wildman–Crippen LogP) is 3.99. The van der Waals surface area contributed by atoms with Crippen LogP contribution < -0.4 is 4.74 Å². The number of hydrogen-bond acceptors (Lipinski definition) is 4. The van der Waals surface area contributed by atoms with Crippen molar-refractivity contribution in [3.8, 4) is 5.75 Å². The first-order valence-corrected chi connectivity index (χ1v) is 8.22. The van der Waals surface area contributed by atoms with Crippen LogP contribution in [0, 0.1) is 12.8 Å². The second-order valence-corrected chi connectivity index (χ2v) is 6.90. The Balaban J connectivity index is 2.10. The number of halogens is 2. The van der Waals surface area contributed by atoms with Gasteiger partial charge in [0.15, 0.2) is 5.78 Å². The van der Waals surface area contributed by atoms with Gasteiger partial charge < -0.3 is 4.74 Å². The molecule has 0 atom stereocenters. The van der Waals surface area contributed by atoms with Crippen molar-refractivity contribution < 1.29 is 14.3 Å². The SMILES string of the molecule is Cc1sc(C(=O)CC(=O)C2CC2)c(Br)c1OCCCl. The second kappa shape index (κ2) is 6.37. The first-order valence-electron chi connectivity index (χ1n) is 6.08. The number of hydrogen-bond donors (Lipinski definition) is 0. The molecule has 0 aliphatic heterocycles. The number of carbonyl (C=O) groups excluding carboxylic acids is 2. The number of thiophene rings is 1. The highest BCUT2D eigenvalue weighted by atomic mass is 79.9. The molecule has 104 valence electrons. The summed E-state index contributed by atoms with van der Waals surface area (Å²) in [6, 6.07) is 0. The van der Waals surface area contributed by atoms with E-state index in [1.165, 1.54) is 11.3 Å². The lowest BCUT2D eigenvalue weighted by Gasteiger charge is -2.03. The Morgan fingerprint density at radius 3 is 2.74 bits per heavy atom. The molecule has 0 radical (unpaired) electrons. The van der Waals surface area contributed by atoms with E-state index in [4.69, 9.17) is 16.3 Å². The molecule has 19 heavy (non-hydrogen) atoms. The molecule has 0 spiro atoms. The lowest BCUT2D eigenvalue weighted by Crippen LogP contribution is -2.09. The molecule has 3 nitrogen and oxygen atoms in total. The van der Waals surface area contributed by atoms with Crippen LogP contribution in [-0.2, 0) is 4.79 Å². The van der Waals surface area contributed by atoms with Gasteiger partial charge in [0.05, 0.1) is 21.7 Å². The van der Waals surface area contributed by atoms with Crippen LogP contribution in [0.5, 0.6) is 5.75 Å². The van der Waals surface area contributed by atoms with E-state index >= 15 is 0 Å². The van der Waals surface area contributed by atoms with Crippen LogP contribution in [-0.4, -0.2) is 24.1 Å². The summed E-state index contributed by atoms with van der Waals surface area (Å²) >= 11 is 10.3. The largest absolute Gasteiger partial charge is 0.490 e. The van der Waals surface area contributed by atoms with Gasteiger partial charge in [-0.3, -0.25) is 9.59 Å². The van der Waals surface area contributed by atoms with E-state index in [9.17, 15) is 9.59 Å². The topological polar surface area (TPSA) is 43.4 Å². The molecular formula is C13H14BrClO3S. The highest BCUT2D eigenvalue weighted by Crippen LogP contribution is 2.40. The van der Waals surface area contributed by atoms with Crippen molar-refractivity contribution in [2.24, 2.45) is 5.92 Å². The van der Waals surface area contributed by atoms with Gasteiger partial charge in [-0.15, -0.1) is 22.9 Å². The number of Topliss-reactive ketones (excluding diaryl/α,β-unsaturated/α-hetero) is 2. The van der Waals surface area contributed by atoms with Gasteiger partial charge in [-0.05, 0) is 35.7 Å². The second-order valence-electron chi connectivity index (χ2n) is 4.51. The van der Waals surface area contributed by atoms with E-state index in [-0.39, 0.29) is 23.9 Å². The minimum atomic E-state index is -0.127. The Bertz CT molecular complexity index is 508. The fourth-order valence-corrected chi connectivity index (χ4v) is 3.79. The first-order chi connectivity index (χ1) is 9.04. The van der Waals surface area contributed by atoms with Gasteiger partial charge in [0.1, 0.15) is 18.1 Å². The quantitative estimate of drug-likeness (QED) is 0.417.